The minimum Gasteiger partial charge on any atom is -0.444 e. The molecule has 2 aliphatic heterocycles. The van der Waals surface area contributed by atoms with Crippen molar-refractivity contribution in [1.29, 1.82) is 0 Å². The van der Waals surface area contributed by atoms with Crippen LogP contribution in [0, 0.1) is 0 Å². The summed E-state index contributed by atoms with van der Waals surface area (Å²) in [5.74, 6) is 0.545. The second kappa shape index (κ2) is 12.0. The van der Waals surface area contributed by atoms with Crippen LogP contribution < -0.4 is 15.5 Å². The van der Waals surface area contributed by atoms with E-state index in [0.717, 1.165) is 23.4 Å². The number of carbonyl (C=O) groups is 2. The van der Waals surface area contributed by atoms with Gasteiger partial charge in [-0.25, -0.2) is 9.18 Å². The number of nitrogens with zero attached hydrogens (tertiary/aromatic N) is 3. The number of ether oxygens (including phenoxy) is 1. The van der Waals surface area contributed by atoms with Gasteiger partial charge in [-0.05, 0) is 76.1 Å². The molecule has 12 heteroatoms. The zero-order valence-corrected chi connectivity index (χ0v) is 24.8. The van der Waals surface area contributed by atoms with Crippen LogP contribution >= 0.6 is 23.4 Å². The summed E-state index contributed by atoms with van der Waals surface area (Å²) < 4.78 is 25.6. The third-order valence-electron chi connectivity index (χ3n) is 7.02. The smallest absolute Gasteiger partial charge is 0.408 e. The van der Waals surface area contributed by atoms with Gasteiger partial charge in [-0.1, -0.05) is 23.7 Å². The fourth-order valence-electron chi connectivity index (χ4n) is 4.90. The molecule has 0 spiro atoms. The first kappa shape index (κ1) is 29.3. The zero-order chi connectivity index (χ0) is 29.2. The van der Waals surface area contributed by atoms with Crippen LogP contribution in [-0.2, 0) is 21.5 Å². The van der Waals surface area contributed by atoms with Crippen LogP contribution in [0.3, 0.4) is 0 Å². The van der Waals surface area contributed by atoms with Gasteiger partial charge < -0.3 is 24.7 Å². The van der Waals surface area contributed by atoms with E-state index in [1.807, 2.05) is 30.3 Å². The summed E-state index contributed by atoms with van der Waals surface area (Å²) in [6.07, 6.45) is 0.777. The van der Waals surface area contributed by atoms with Gasteiger partial charge in [0.25, 0.3) is 5.91 Å². The number of nitrogens with one attached hydrogen (secondary N) is 2. The number of amides is 2. The summed E-state index contributed by atoms with van der Waals surface area (Å²) in [6.45, 7) is 6.20. The number of aromatic nitrogens is 2. The lowest BCUT2D eigenvalue weighted by Crippen LogP contribution is -2.50. The van der Waals surface area contributed by atoms with Crippen molar-refractivity contribution in [2.75, 3.05) is 30.4 Å². The highest BCUT2D eigenvalue weighted by atomic mass is 35.5. The minimum atomic E-state index is -0.845. The van der Waals surface area contributed by atoms with Gasteiger partial charge in [0.05, 0.1) is 17.6 Å². The summed E-state index contributed by atoms with van der Waals surface area (Å²) in [5, 5.41) is 15.0. The maximum absolute atomic E-state index is 14.2. The van der Waals surface area contributed by atoms with Crippen molar-refractivity contribution in [2.45, 2.75) is 62.1 Å². The molecule has 5 rings (SSSR count). The van der Waals surface area contributed by atoms with Crippen molar-refractivity contribution in [3.05, 3.63) is 58.9 Å². The maximum atomic E-state index is 14.2. The number of piperidine rings is 1. The molecule has 218 valence electrons. The van der Waals surface area contributed by atoms with E-state index < -0.39 is 29.8 Å². The molecule has 2 amide bonds. The van der Waals surface area contributed by atoms with Crippen molar-refractivity contribution >= 4 is 41.1 Å². The molecule has 2 aromatic carbocycles. The van der Waals surface area contributed by atoms with Gasteiger partial charge in [0.15, 0.2) is 0 Å². The van der Waals surface area contributed by atoms with Gasteiger partial charge in [-0.15, -0.1) is 22.0 Å². The third-order valence-corrected chi connectivity index (χ3v) is 8.43. The molecular weight excluding hydrogens is 569 g/mol. The number of hydrogen-bond donors (Lipinski definition) is 2. The predicted octanol–water partition coefficient (Wildman–Crippen LogP) is 5.51. The molecule has 41 heavy (non-hydrogen) atoms. The Balaban J connectivity index is 1.48. The van der Waals surface area contributed by atoms with Crippen LogP contribution in [-0.4, -0.2) is 59.4 Å². The highest BCUT2D eigenvalue weighted by Gasteiger charge is 2.40. The molecule has 9 nitrogen and oxygen atoms in total. The fraction of sp³-hybridized carbons (Fsp3) is 0.448. The van der Waals surface area contributed by atoms with Crippen molar-refractivity contribution in [3.63, 3.8) is 0 Å². The molecule has 2 N–H and O–H groups in total. The van der Waals surface area contributed by atoms with Crippen molar-refractivity contribution in [2.24, 2.45) is 0 Å². The molecule has 1 saturated heterocycles. The molecule has 0 radical (unpaired) electrons. The SMILES string of the molecule is CC(C)(C)OC(=O)N[C@H]1CSc2ccc(-c3nnc(C4(CF)CCCNC4)o3)cc2N(Cc2ccc(Cl)cc2)C1=O. The number of alkyl halides is 1. The van der Waals surface area contributed by atoms with Crippen LogP contribution in [0.5, 0.6) is 0 Å². The van der Waals surface area contributed by atoms with Gasteiger partial charge >= 0.3 is 6.09 Å². The first-order valence-corrected chi connectivity index (χ1v) is 14.9. The molecule has 3 heterocycles. The second-order valence-electron chi connectivity index (χ2n) is 11.3. The lowest BCUT2D eigenvalue weighted by atomic mass is 9.82. The van der Waals surface area contributed by atoms with Crippen molar-refractivity contribution in [1.82, 2.24) is 20.8 Å². The normalized spacial score (nSPS) is 21.2. The first-order valence-electron chi connectivity index (χ1n) is 13.5. The van der Waals surface area contributed by atoms with E-state index in [0.29, 0.717) is 35.0 Å². The molecule has 2 aliphatic rings. The van der Waals surface area contributed by atoms with Gasteiger partial charge in [-0.3, -0.25) is 4.79 Å². The number of halogens is 2. The van der Waals surface area contributed by atoms with E-state index >= 15 is 0 Å². The molecule has 0 bridgehead atoms. The Labute approximate surface area is 247 Å². The first-order chi connectivity index (χ1) is 19.6. The van der Waals surface area contributed by atoms with Crippen LogP contribution in [0.4, 0.5) is 14.9 Å². The lowest BCUT2D eigenvalue weighted by Gasteiger charge is -2.31. The molecule has 2 atom stereocenters. The lowest BCUT2D eigenvalue weighted by molar-refractivity contribution is -0.120. The van der Waals surface area contributed by atoms with Crippen LogP contribution in [0.1, 0.15) is 45.1 Å². The molecular formula is C29H33ClFN5O4S. The number of anilines is 1. The third kappa shape index (κ3) is 6.68. The van der Waals surface area contributed by atoms with Gasteiger partial charge in [0, 0.05) is 27.8 Å². The minimum absolute atomic E-state index is 0.241. The Morgan fingerprint density at radius 2 is 2.05 bits per heavy atom. The molecule has 0 aliphatic carbocycles. The quantitative estimate of drug-likeness (QED) is 0.380. The van der Waals surface area contributed by atoms with Gasteiger partial charge in [-0.2, -0.15) is 0 Å². The average Bonchev–Trinajstić information content (AvgIpc) is 3.41. The Morgan fingerprint density at radius 3 is 2.73 bits per heavy atom. The van der Waals surface area contributed by atoms with Crippen LogP contribution in [0.15, 0.2) is 51.8 Å². The second-order valence-corrected chi connectivity index (χ2v) is 12.8. The largest absolute Gasteiger partial charge is 0.444 e. The van der Waals surface area contributed by atoms with Crippen LogP contribution in [0.25, 0.3) is 11.5 Å². The average molecular weight is 602 g/mol. The van der Waals surface area contributed by atoms with Gasteiger partial charge in [0.2, 0.25) is 11.8 Å². The standard InChI is InChI=1S/C29H33ClFN5O4S/c1-28(2,3)40-27(38)33-21-15-41-23-10-7-19(24-34-35-26(39-24)29(16-31)11-4-12-32-17-29)13-22(23)36(25(21)37)14-18-5-8-20(30)9-6-18/h5-10,13,21,32H,4,11-12,14-17H2,1-3H3,(H,33,38)/t21-,29?/m0/s1. The van der Waals surface area contributed by atoms with E-state index in [2.05, 4.69) is 20.8 Å². The number of benzene rings is 2. The molecule has 3 aromatic rings. The van der Waals surface area contributed by atoms with E-state index in [4.69, 9.17) is 20.8 Å². The van der Waals surface area contributed by atoms with E-state index in [1.54, 1.807) is 37.8 Å². The van der Waals surface area contributed by atoms with Crippen molar-refractivity contribution < 1.29 is 23.1 Å². The monoisotopic (exact) mass is 601 g/mol. The molecule has 1 unspecified atom stereocenters. The number of fused-ring (bicyclic) bond motifs is 1. The summed E-state index contributed by atoms with van der Waals surface area (Å²) in [7, 11) is 0. The Hall–Kier alpha value is -3.15. The van der Waals surface area contributed by atoms with Crippen LogP contribution in [0.2, 0.25) is 5.02 Å². The highest BCUT2D eigenvalue weighted by Crippen LogP contribution is 2.39. The summed E-state index contributed by atoms with van der Waals surface area (Å²) >= 11 is 7.55. The Morgan fingerprint density at radius 1 is 1.27 bits per heavy atom. The molecule has 1 aromatic heterocycles. The zero-order valence-electron chi connectivity index (χ0n) is 23.2. The fourth-order valence-corrected chi connectivity index (χ4v) is 6.08. The number of thioether (sulfide) groups is 1. The van der Waals surface area contributed by atoms with E-state index in [1.165, 1.54) is 11.8 Å². The number of rotatable bonds is 6. The molecule has 0 saturated carbocycles. The summed E-state index contributed by atoms with van der Waals surface area (Å²) in [6, 6.07) is 12.0. The Kier molecular flexibility index (Phi) is 8.58. The van der Waals surface area contributed by atoms with Crippen molar-refractivity contribution in [3.8, 4) is 11.5 Å². The Bertz CT molecular complexity index is 1400. The number of alkyl carbamates (subject to hydrolysis) is 1. The van der Waals surface area contributed by atoms with E-state index in [9.17, 15) is 14.0 Å². The highest BCUT2D eigenvalue weighted by molar-refractivity contribution is 7.99. The topological polar surface area (TPSA) is 110 Å². The summed E-state index contributed by atoms with van der Waals surface area (Å²) in [4.78, 5) is 29.0. The van der Waals surface area contributed by atoms with E-state index in [-0.39, 0.29) is 24.2 Å². The van der Waals surface area contributed by atoms with Gasteiger partial charge in [0.1, 0.15) is 18.3 Å². The number of carbonyl (C=O) groups excluding carboxylic acids is 2. The molecule has 1 fully saturated rings. The predicted molar refractivity (Wildman–Crippen MR) is 156 cm³/mol. The maximum Gasteiger partial charge on any atom is 0.408 e. The number of hydrogen-bond acceptors (Lipinski definition) is 8. The summed E-state index contributed by atoms with van der Waals surface area (Å²) in [5.41, 5.74) is 0.552.